The summed E-state index contributed by atoms with van der Waals surface area (Å²) in [5, 5.41) is 2.17. The van der Waals surface area contributed by atoms with E-state index in [1.165, 1.54) is 10.4 Å². The van der Waals surface area contributed by atoms with E-state index in [0.29, 0.717) is 18.1 Å². The Kier molecular flexibility index (Phi) is 10.9. The van der Waals surface area contributed by atoms with Crippen LogP contribution in [0.5, 0.6) is 11.5 Å². The first-order chi connectivity index (χ1) is 18.7. The summed E-state index contributed by atoms with van der Waals surface area (Å²) in [6, 6.07) is 26.6. The average molecular weight is 551 g/mol. The molecule has 0 aliphatic heterocycles. The Morgan fingerprint density at radius 3 is 1.85 bits per heavy atom. The van der Waals surface area contributed by atoms with Crippen LogP contribution >= 0.6 is 0 Å². The zero-order valence-corrected chi connectivity index (χ0v) is 25.2. The Balaban J connectivity index is 2.13. The van der Waals surface area contributed by atoms with E-state index in [1.54, 1.807) is 21.3 Å². The van der Waals surface area contributed by atoms with Crippen molar-refractivity contribution in [3.8, 4) is 11.5 Å². The lowest BCUT2D eigenvalue weighted by molar-refractivity contribution is -0.124. The second kappa shape index (κ2) is 13.9. The van der Waals surface area contributed by atoms with Gasteiger partial charge in [0.15, 0.2) is 11.5 Å². The van der Waals surface area contributed by atoms with Gasteiger partial charge in [0.05, 0.1) is 20.3 Å². The fourth-order valence-corrected chi connectivity index (χ4v) is 9.83. The molecule has 210 valence electrons. The molecule has 0 saturated carbocycles. The number of rotatable bonds is 14. The molecule has 7 heteroatoms. The summed E-state index contributed by atoms with van der Waals surface area (Å²) < 4.78 is 29.8. The molecule has 6 nitrogen and oxygen atoms in total. The molecule has 0 N–H and O–H groups in total. The van der Waals surface area contributed by atoms with Gasteiger partial charge in [-0.15, -0.1) is 0 Å². The third-order valence-corrected chi connectivity index (χ3v) is 12.3. The predicted octanol–water partition coefficient (Wildman–Crippen LogP) is 5.39. The van der Waals surface area contributed by atoms with Gasteiger partial charge in [-0.05, 0) is 33.1 Å². The lowest BCUT2D eigenvalue weighted by atomic mass is 9.86. The van der Waals surface area contributed by atoms with Crippen molar-refractivity contribution in [3.63, 3.8) is 0 Å². The van der Waals surface area contributed by atoms with E-state index < -0.39 is 14.4 Å². The zero-order chi connectivity index (χ0) is 28.5. The lowest BCUT2D eigenvalue weighted by Gasteiger charge is -2.44. The summed E-state index contributed by atoms with van der Waals surface area (Å²) in [7, 11) is 1.96. The first-order valence-corrected chi connectivity index (χ1v) is 15.2. The molecule has 39 heavy (non-hydrogen) atoms. The summed E-state index contributed by atoms with van der Waals surface area (Å²) in [5.74, 6) is 0.567. The van der Waals surface area contributed by atoms with Crippen LogP contribution in [-0.4, -0.2) is 49.3 Å². The Morgan fingerprint density at radius 1 is 0.821 bits per heavy atom. The molecule has 3 atom stereocenters. The van der Waals surface area contributed by atoms with Gasteiger partial charge in [0.2, 0.25) is 0 Å². The van der Waals surface area contributed by atoms with E-state index in [1.807, 2.05) is 37.3 Å². The first kappa shape index (κ1) is 30.6. The Morgan fingerprint density at radius 2 is 1.38 bits per heavy atom. The van der Waals surface area contributed by atoms with E-state index in [0.717, 1.165) is 11.8 Å². The number of hydrogen-bond donors (Lipinski definition) is 0. The van der Waals surface area contributed by atoms with E-state index in [9.17, 15) is 4.79 Å². The average Bonchev–Trinajstić information content (AvgIpc) is 2.96. The van der Waals surface area contributed by atoms with Gasteiger partial charge < -0.3 is 28.2 Å². The summed E-state index contributed by atoms with van der Waals surface area (Å²) >= 11 is 0. The van der Waals surface area contributed by atoms with Crippen molar-refractivity contribution in [2.75, 3.05) is 34.7 Å². The molecule has 3 rings (SSSR count). The van der Waals surface area contributed by atoms with Crippen molar-refractivity contribution in [2.45, 2.75) is 38.8 Å². The SMILES string of the molecule is COCO[C@@H](c1ccc(OC)c(OC)c1)[C@@H](CO[Si](c1ccccc1)(c1ccccc1)C(C)(C)C)[C@H](C)C=O. The minimum Gasteiger partial charge on any atom is -0.493 e. The predicted molar refractivity (Wildman–Crippen MR) is 158 cm³/mol. The number of ether oxygens (including phenoxy) is 4. The van der Waals surface area contributed by atoms with Crippen LogP contribution in [0.2, 0.25) is 5.04 Å². The molecule has 0 aliphatic carbocycles. The van der Waals surface area contributed by atoms with Crippen LogP contribution < -0.4 is 19.8 Å². The molecule has 0 aliphatic rings. The van der Waals surface area contributed by atoms with Crippen LogP contribution in [0.1, 0.15) is 39.4 Å². The second-order valence-corrected chi connectivity index (χ2v) is 15.0. The highest BCUT2D eigenvalue weighted by Crippen LogP contribution is 2.40. The van der Waals surface area contributed by atoms with Crippen molar-refractivity contribution >= 4 is 25.0 Å². The van der Waals surface area contributed by atoms with Crippen LogP contribution in [0.25, 0.3) is 0 Å². The molecule has 3 aromatic rings. The largest absolute Gasteiger partial charge is 0.493 e. The van der Waals surface area contributed by atoms with Crippen LogP contribution in [0.15, 0.2) is 78.9 Å². The van der Waals surface area contributed by atoms with Gasteiger partial charge in [-0.3, -0.25) is 0 Å². The summed E-state index contributed by atoms with van der Waals surface area (Å²) in [6.07, 6.45) is 0.492. The minimum atomic E-state index is -2.83. The van der Waals surface area contributed by atoms with Gasteiger partial charge in [-0.25, -0.2) is 0 Å². The summed E-state index contributed by atoms with van der Waals surface area (Å²) in [6.45, 7) is 9.02. The van der Waals surface area contributed by atoms with Crippen LogP contribution in [0, 0.1) is 11.8 Å². The fourth-order valence-electron chi connectivity index (χ4n) is 5.24. The maximum atomic E-state index is 12.3. The highest BCUT2D eigenvalue weighted by Gasteiger charge is 2.51. The van der Waals surface area contributed by atoms with Gasteiger partial charge in [-0.2, -0.15) is 0 Å². The van der Waals surface area contributed by atoms with Gasteiger partial charge in [0, 0.05) is 25.6 Å². The van der Waals surface area contributed by atoms with E-state index in [4.69, 9.17) is 23.4 Å². The molecule has 0 amide bonds. The summed E-state index contributed by atoms with van der Waals surface area (Å²) in [4.78, 5) is 12.3. The van der Waals surface area contributed by atoms with E-state index in [-0.39, 0.29) is 23.7 Å². The lowest BCUT2D eigenvalue weighted by Crippen LogP contribution is -2.67. The highest BCUT2D eigenvalue weighted by molar-refractivity contribution is 6.99. The van der Waals surface area contributed by atoms with E-state index in [2.05, 4.69) is 69.3 Å². The third kappa shape index (κ3) is 6.79. The number of aldehydes is 1. The van der Waals surface area contributed by atoms with Gasteiger partial charge in [-0.1, -0.05) is 94.4 Å². The monoisotopic (exact) mass is 550 g/mol. The number of methoxy groups -OCH3 is 3. The quantitative estimate of drug-likeness (QED) is 0.152. The van der Waals surface area contributed by atoms with Crippen LogP contribution in [0.4, 0.5) is 0 Å². The third-order valence-electron chi connectivity index (χ3n) is 7.29. The van der Waals surface area contributed by atoms with Crippen LogP contribution in [0.3, 0.4) is 0 Å². The maximum absolute atomic E-state index is 12.3. The molecule has 0 bridgehead atoms. The number of hydrogen-bond acceptors (Lipinski definition) is 6. The Hall–Kier alpha value is -2.97. The fraction of sp³-hybridized carbons (Fsp3) is 0.406. The van der Waals surface area contributed by atoms with Crippen molar-refractivity contribution in [1.82, 2.24) is 0 Å². The molecular weight excluding hydrogens is 508 g/mol. The van der Waals surface area contributed by atoms with Gasteiger partial charge >= 0.3 is 0 Å². The first-order valence-electron chi connectivity index (χ1n) is 13.3. The number of benzene rings is 3. The smallest absolute Gasteiger partial charge is 0.261 e. The second-order valence-electron chi connectivity index (χ2n) is 10.7. The van der Waals surface area contributed by atoms with E-state index >= 15 is 0 Å². The molecule has 0 radical (unpaired) electrons. The molecule has 0 aromatic heterocycles. The topological polar surface area (TPSA) is 63.2 Å². The highest BCUT2D eigenvalue weighted by atomic mass is 28.4. The molecule has 0 heterocycles. The minimum absolute atomic E-state index is 0.0697. The van der Waals surface area contributed by atoms with Crippen molar-refractivity contribution < 1.29 is 28.2 Å². The Bertz CT molecular complexity index is 1120. The zero-order valence-electron chi connectivity index (χ0n) is 24.2. The molecule has 3 aromatic carbocycles. The molecule has 0 fully saturated rings. The maximum Gasteiger partial charge on any atom is 0.261 e. The standard InChI is InChI=1S/C32H42O6Si/c1-24(21-33)28(31(37-23-34-5)25-18-19-29(35-6)30(20-25)36-7)22-38-39(32(2,3)4,26-14-10-8-11-15-26)27-16-12-9-13-17-27/h8-21,24,28,31H,22-23H2,1-7H3/t24-,28+,31+/m1/s1. The normalized spacial score (nSPS) is 14.3. The van der Waals surface area contributed by atoms with Crippen molar-refractivity contribution in [2.24, 2.45) is 11.8 Å². The number of carbonyl (C=O) groups excluding carboxylic acids is 1. The summed E-state index contributed by atoms with van der Waals surface area (Å²) in [5.41, 5.74) is 0.856. The van der Waals surface area contributed by atoms with Crippen LogP contribution in [-0.2, 0) is 18.7 Å². The van der Waals surface area contributed by atoms with Gasteiger partial charge in [0.1, 0.15) is 13.1 Å². The van der Waals surface area contributed by atoms with Crippen molar-refractivity contribution in [3.05, 3.63) is 84.4 Å². The molecule has 0 unspecified atom stereocenters. The molecule has 0 spiro atoms. The van der Waals surface area contributed by atoms with Gasteiger partial charge in [0.25, 0.3) is 8.32 Å². The Labute approximate surface area is 234 Å². The van der Waals surface area contributed by atoms with Crippen molar-refractivity contribution in [1.29, 1.82) is 0 Å². The number of carbonyl (C=O) groups is 1. The molecule has 0 saturated heterocycles. The molecular formula is C32H42O6Si.